The first-order valence-electron chi connectivity index (χ1n) is 7.86. The Balaban J connectivity index is 2.11. The standard InChI is InChI=1S/C17H28N2O2/c1-12-6-5-7-17(8-12,11-20)19-10-15-14(3)16(21-4)13(2)9-18-15/h9,12,19-20H,5-8,10-11H2,1-4H3. The second kappa shape index (κ2) is 6.75. The van der Waals surface area contributed by atoms with Gasteiger partial charge in [0, 0.05) is 29.4 Å². The number of aryl methyl sites for hydroxylation is 1. The first-order chi connectivity index (χ1) is 10.0. The molecule has 1 fully saturated rings. The van der Waals surface area contributed by atoms with Crippen molar-refractivity contribution < 1.29 is 9.84 Å². The maximum Gasteiger partial charge on any atom is 0.128 e. The number of nitrogens with one attached hydrogen (secondary N) is 1. The number of nitrogens with zero attached hydrogens (tertiary/aromatic N) is 1. The Kier molecular flexibility index (Phi) is 5.22. The number of methoxy groups -OCH3 is 1. The van der Waals surface area contributed by atoms with Crippen LogP contribution in [0.2, 0.25) is 0 Å². The molecule has 0 aromatic carbocycles. The highest BCUT2D eigenvalue weighted by Gasteiger charge is 2.34. The van der Waals surface area contributed by atoms with E-state index < -0.39 is 0 Å². The molecular formula is C17H28N2O2. The number of aliphatic hydroxyl groups excluding tert-OH is 1. The van der Waals surface area contributed by atoms with Crippen LogP contribution in [0.25, 0.3) is 0 Å². The second-order valence-electron chi connectivity index (χ2n) is 6.54. The molecule has 4 heteroatoms. The van der Waals surface area contributed by atoms with Gasteiger partial charge in [0.05, 0.1) is 19.4 Å². The van der Waals surface area contributed by atoms with E-state index in [4.69, 9.17) is 4.74 Å². The van der Waals surface area contributed by atoms with E-state index in [1.54, 1.807) is 7.11 Å². The lowest BCUT2D eigenvalue weighted by atomic mass is 9.77. The van der Waals surface area contributed by atoms with E-state index in [9.17, 15) is 5.11 Å². The van der Waals surface area contributed by atoms with Crippen LogP contribution in [-0.4, -0.2) is 29.3 Å². The summed E-state index contributed by atoms with van der Waals surface area (Å²) < 4.78 is 5.46. The van der Waals surface area contributed by atoms with Crippen molar-refractivity contribution in [2.45, 2.75) is 58.5 Å². The zero-order valence-corrected chi connectivity index (χ0v) is 13.7. The fourth-order valence-corrected chi connectivity index (χ4v) is 3.54. The van der Waals surface area contributed by atoms with Crippen molar-refractivity contribution in [2.24, 2.45) is 5.92 Å². The molecule has 0 aliphatic heterocycles. The molecule has 0 radical (unpaired) electrons. The van der Waals surface area contributed by atoms with Gasteiger partial charge in [0.15, 0.2) is 0 Å². The normalized spacial score (nSPS) is 25.9. The Bertz CT molecular complexity index is 490. The molecule has 2 unspecified atom stereocenters. The van der Waals surface area contributed by atoms with E-state index >= 15 is 0 Å². The molecule has 4 nitrogen and oxygen atoms in total. The molecule has 21 heavy (non-hydrogen) atoms. The Labute approximate surface area is 127 Å². The maximum atomic E-state index is 9.84. The number of aromatic nitrogens is 1. The fraction of sp³-hybridized carbons (Fsp3) is 0.706. The molecule has 2 atom stereocenters. The van der Waals surface area contributed by atoms with E-state index in [1.807, 2.05) is 20.0 Å². The van der Waals surface area contributed by atoms with Crippen LogP contribution in [0.1, 0.15) is 49.4 Å². The molecule has 1 aliphatic rings. The van der Waals surface area contributed by atoms with E-state index in [1.165, 1.54) is 12.8 Å². The molecule has 1 aliphatic carbocycles. The molecule has 1 heterocycles. The van der Waals surface area contributed by atoms with Crippen LogP contribution in [0.15, 0.2) is 6.20 Å². The Hall–Kier alpha value is -1.13. The summed E-state index contributed by atoms with van der Waals surface area (Å²) in [6.45, 7) is 7.19. The van der Waals surface area contributed by atoms with Gasteiger partial charge in [-0.3, -0.25) is 4.98 Å². The van der Waals surface area contributed by atoms with Crippen molar-refractivity contribution in [1.29, 1.82) is 0 Å². The lowest BCUT2D eigenvalue weighted by Gasteiger charge is -2.39. The minimum atomic E-state index is -0.149. The van der Waals surface area contributed by atoms with Gasteiger partial charge in [-0.05, 0) is 32.6 Å². The average Bonchev–Trinajstić information content (AvgIpc) is 2.47. The quantitative estimate of drug-likeness (QED) is 0.876. The molecule has 1 aromatic heterocycles. The summed E-state index contributed by atoms with van der Waals surface area (Å²) in [5.74, 6) is 1.58. The zero-order valence-electron chi connectivity index (χ0n) is 13.7. The average molecular weight is 292 g/mol. The predicted octanol–water partition coefficient (Wildman–Crippen LogP) is 2.74. The highest BCUT2D eigenvalue weighted by atomic mass is 16.5. The molecule has 2 rings (SSSR count). The topological polar surface area (TPSA) is 54.4 Å². The fourth-order valence-electron chi connectivity index (χ4n) is 3.54. The molecule has 1 aromatic rings. The third kappa shape index (κ3) is 3.55. The van der Waals surface area contributed by atoms with Crippen molar-refractivity contribution >= 4 is 0 Å². The van der Waals surface area contributed by atoms with Crippen LogP contribution < -0.4 is 10.1 Å². The molecule has 0 saturated heterocycles. The number of hydrogen-bond acceptors (Lipinski definition) is 4. The summed E-state index contributed by atoms with van der Waals surface area (Å²) in [6.07, 6.45) is 6.37. The van der Waals surface area contributed by atoms with Crippen molar-refractivity contribution in [3.05, 3.63) is 23.0 Å². The summed E-state index contributed by atoms with van der Waals surface area (Å²) in [6, 6.07) is 0. The van der Waals surface area contributed by atoms with Crippen molar-refractivity contribution in [3.63, 3.8) is 0 Å². The lowest BCUT2D eigenvalue weighted by Crippen LogP contribution is -2.51. The predicted molar refractivity (Wildman–Crippen MR) is 84.6 cm³/mol. The monoisotopic (exact) mass is 292 g/mol. The third-order valence-electron chi connectivity index (χ3n) is 4.77. The molecule has 118 valence electrons. The van der Waals surface area contributed by atoms with Gasteiger partial charge in [-0.1, -0.05) is 19.8 Å². The minimum Gasteiger partial charge on any atom is -0.496 e. The molecule has 0 spiro atoms. The minimum absolute atomic E-state index is 0.149. The molecule has 0 bridgehead atoms. The highest BCUT2D eigenvalue weighted by Crippen LogP contribution is 2.32. The van der Waals surface area contributed by atoms with Crippen LogP contribution in [0, 0.1) is 19.8 Å². The first kappa shape index (κ1) is 16.2. The summed E-state index contributed by atoms with van der Waals surface area (Å²) >= 11 is 0. The molecule has 0 amide bonds. The summed E-state index contributed by atoms with van der Waals surface area (Å²) in [5, 5.41) is 13.4. The smallest absolute Gasteiger partial charge is 0.128 e. The van der Waals surface area contributed by atoms with Crippen molar-refractivity contribution in [1.82, 2.24) is 10.3 Å². The van der Waals surface area contributed by atoms with E-state index in [0.29, 0.717) is 12.5 Å². The van der Waals surface area contributed by atoms with Gasteiger partial charge in [-0.25, -0.2) is 0 Å². The number of pyridine rings is 1. The summed E-state index contributed by atoms with van der Waals surface area (Å²) in [4.78, 5) is 4.53. The zero-order chi connectivity index (χ0) is 15.5. The Morgan fingerprint density at radius 1 is 1.48 bits per heavy atom. The van der Waals surface area contributed by atoms with Gasteiger partial charge in [0.1, 0.15) is 5.75 Å². The van der Waals surface area contributed by atoms with Crippen LogP contribution >= 0.6 is 0 Å². The lowest BCUT2D eigenvalue weighted by molar-refractivity contribution is 0.0978. The molecular weight excluding hydrogens is 264 g/mol. The van der Waals surface area contributed by atoms with Gasteiger partial charge in [-0.15, -0.1) is 0 Å². The summed E-state index contributed by atoms with van der Waals surface area (Å²) in [7, 11) is 1.70. The van der Waals surface area contributed by atoms with Gasteiger partial charge in [0.2, 0.25) is 0 Å². The van der Waals surface area contributed by atoms with Crippen LogP contribution in [0.5, 0.6) is 5.75 Å². The van der Waals surface area contributed by atoms with E-state index in [0.717, 1.165) is 35.4 Å². The van der Waals surface area contributed by atoms with E-state index in [2.05, 4.69) is 17.2 Å². The number of ether oxygens (including phenoxy) is 1. The highest BCUT2D eigenvalue weighted by molar-refractivity contribution is 5.41. The number of rotatable bonds is 5. The van der Waals surface area contributed by atoms with Crippen molar-refractivity contribution in [3.8, 4) is 5.75 Å². The van der Waals surface area contributed by atoms with Crippen LogP contribution in [0.4, 0.5) is 0 Å². The summed E-state index contributed by atoms with van der Waals surface area (Å²) in [5.41, 5.74) is 3.00. The SMILES string of the molecule is COc1c(C)cnc(CNC2(CO)CCCC(C)C2)c1C. The Morgan fingerprint density at radius 2 is 2.24 bits per heavy atom. The third-order valence-corrected chi connectivity index (χ3v) is 4.77. The maximum absolute atomic E-state index is 9.84. The number of hydrogen-bond donors (Lipinski definition) is 2. The second-order valence-corrected chi connectivity index (χ2v) is 6.54. The van der Waals surface area contributed by atoms with Gasteiger partial charge in [0.25, 0.3) is 0 Å². The largest absolute Gasteiger partial charge is 0.496 e. The molecule has 2 N–H and O–H groups in total. The van der Waals surface area contributed by atoms with Gasteiger partial charge < -0.3 is 15.2 Å². The van der Waals surface area contributed by atoms with Crippen LogP contribution in [0.3, 0.4) is 0 Å². The number of aliphatic hydroxyl groups is 1. The van der Waals surface area contributed by atoms with Crippen LogP contribution in [-0.2, 0) is 6.54 Å². The molecule has 1 saturated carbocycles. The van der Waals surface area contributed by atoms with E-state index in [-0.39, 0.29) is 12.1 Å². The Morgan fingerprint density at radius 3 is 2.86 bits per heavy atom. The van der Waals surface area contributed by atoms with Gasteiger partial charge >= 0.3 is 0 Å². The van der Waals surface area contributed by atoms with Crippen molar-refractivity contribution in [2.75, 3.05) is 13.7 Å². The first-order valence-corrected chi connectivity index (χ1v) is 7.86. The van der Waals surface area contributed by atoms with Gasteiger partial charge in [-0.2, -0.15) is 0 Å².